The van der Waals surface area contributed by atoms with E-state index in [1.807, 2.05) is 30.5 Å². The van der Waals surface area contributed by atoms with Crippen LogP contribution in [-0.2, 0) is 0 Å². The van der Waals surface area contributed by atoms with Crippen LogP contribution in [0.3, 0.4) is 0 Å². The van der Waals surface area contributed by atoms with E-state index in [2.05, 4.69) is 24.1 Å². The van der Waals surface area contributed by atoms with Gasteiger partial charge in [0.1, 0.15) is 5.82 Å². The van der Waals surface area contributed by atoms with Gasteiger partial charge in [-0.1, -0.05) is 31.2 Å². The Balaban J connectivity index is 2.14. The molecule has 100 valence electrons. The van der Waals surface area contributed by atoms with Crippen LogP contribution in [-0.4, -0.2) is 4.98 Å². The minimum atomic E-state index is -0.153. The largest absolute Gasteiger partial charge is 0.303 e. The molecule has 3 heteroatoms. The number of pyridine rings is 1. The Hall–Kier alpha value is -1.74. The molecule has 0 amide bonds. The molecule has 0 bridgehead atoms. The summed E-state index contributed by atoms with van der Waals surface area (Å²) in [6.07, 6.45) is 4.43. The number of hydrogen-bond donors (Lipinski definition) is 1. The van der Waals surface area contributed by atoms with Crippen molar-refractivity contribution in [3.05, 3.63) is 65.7 Å². The van der Waals surface area contributed by atoms with Crippen molar-refractivity contribution in [2.45, 2.75) is 32.4 Å². The highest BCUT2D eigenvalue weighted by atomic mass is 19.1. The van der Waals surface area contributed by atoms with Crippen LogP contribution in [0.2, 0.25) is 0 Å². The Morgan fingerprint density at radius 1 is 1.21 bits per heavy atom. The van der Waals surface area contributed by atoms with Gasteiger partial charge >= 0.3 is 0 Å². The standard InChI is InChI=1S/C16H19FN2/c1-3-16(14-8-4-5-9-15(14)17)19-12(2)13-7-6-10-18-11-13/h4-12,16,19H,3H2,1-2H3/t12-,16?/m0/s1. The minimum Gasteiger partial charge on any atom is -0.303 e. The smallest absolute Gasteiger partial charge is 0.127 e. The lowest BCUT2D eigenvalue weighted by atomic mass is 10.0. The number of nitrogens with zero attached hydrogens (tertiary/aromatic N) is 1. The lowest BCUT2D eigenvalue weighted by Crippen LogP contribution is -2.25. The first-order valence-corrected chi connectivity index (χ1v) is 6.62. The first-order valence-electron chi connectivity index (χ1n) is 6.62. The molecule has 0 spiro atoms. The maximum Gasteiger partial charge on any atom is 0.127 e. The van der Waals surface area contributed by atoms with Crippen molar-refractivity contribution in [1.82, 2.24) is 10.3 Å². The molecule has 2 aromatic rings. The van der Waals surface area contributed by atoms with Crippen LogP contribution < -0.4 is 5.32 Å². The van der Waals surface area contributed by atoms with Crippen LogP contribution in [0.1, 0.15) is 43.5 Å². The molecule has 0 aliphatic rings. The van der Waals surface area contributed by atoms with E-state index in [0.717, 1.165) is 17.5 Å². The fourth-order valence-electron chi connectivity index (χ4n) is 2.22. The third kappa shape index (κ3) is 3.38. The van der Waals surface area contributed by atoms with E-state index < -0.39 is 0 Å². The van der Waals surface area contributed by atoms with Gasteiger partial charge in [0.15, 0.2) is 0 Å². The maximum atomic E-state index is 13.8. The molecule has 2 rings (SSSR count). The molecule has 1 aromatic carbocycles. The van der Waals surface area contributed by atoms with Gasteiger partial charge in [0, 0.05) is 30.0 Å². The zero-order valence-electron chi connectivity index (χ0n) is 11.3. The lowest BCUT2D eigenvalue weighted by Gasteiger charge is -2.23. The number of halogens is 1. The normalized spacial score (nSPS) is 14.1. The van der Waals surface area contributed by atoms with Gasteiger partial charge in [-0.25, -0.2) is 4.39 Å². The van der Waals surface area contributed by atoms with Gasteiger partial charge in [0.25, 0.3) is 0 Å². The van der Waals surface area contributed by atoms with Crippen LogP contribution in [0.5, 0.6) is 0 Å². The van der Waals surface area contributed by atoms with Crippen molar-refractivity contribution >= 4 is 0 Å². The highest BCUT2D eigenvalue weighted by molar-refractivity contribution is 5.22. The molecule has 0 aliphatic heterocycles. The molecule has 2 nitrogen and oxygen atoms in total. The van der Waals surface area contributed by atoms with E-state index in [1.165, 1.54) is 6.07 Å². The molecule has 0 radical (unpaired) electrons. The summed E-state index contributed by atoms with van der Waals surface area (Å²) in [7, 11) is 0. The van der Waals surface area contributed by atoms with Crippen LogP contribution >= 0.6 is 0 Å². The Bertz CT molecular complexity index is 513. The summed E-state index contributed by atoms with van der Waals surface area (Å²) in [4.78, 5) is 4.12. The Labute approximate surface area is 113 Å². The third-order valence-electron chi connectivity index (χ3n) is 3.32. The van der Waals surface area contributed by atoms with Crippen molar-refractivity contribution in [2.75, 3.05) is 0 Å². The van der Waals surface area contributed by atoms with Gasteiger partial charge in [0.2, 0.25) is 0 Å². The van der Waals surface area contributed by atoms with Crippen LogP contribution in [0.15, 0.2) is 48.8 Å². The molecule has 2 atom stereocenters. The second kappa shape index (κ2) is 6.43. The fourth-order valence-corrected chi connectivity index (χ4v) is 2.22. The Kier molecular flexibility index (Phi) is 4.63. The lowest BCUT2D eigenvalue weighted by molar-refractivity contribution is 0.439. The van der Waals surface area contributed by atoms with E-state index >= 15 is 0 Å². The molecular weight excluding hydrogens is 239 g/mol. The average molecular weight is 258 g/mol. The van der Waals surface area contributed by atoms with Crippen LogP contribution in [0.25, 0.3) is 0 Å². The van der Waals surface area contributed by atoms with E-state index in [0.29, 0.717) is 0 Å². The number of nitrogens with one attached hydrogen (secondary N) is 1. The number of rotatable bonds is 5. The van der Waals surface area contributed by atoms with Crippen molar-refractivity contribution in [3.8, 4) is 0 Å². The fraction of sp³-hybridized carbons (Fsp3) is 0.312. The van der Waals surface area contributed by atoms with E-state index in [1.54, 1.807) is 12.3 Å². The van der Waals surface area contributed by atoms with Gasteiger partial charge in [0.05, 0.1) is 0 Å². The topological polar surface area (TPSA) is 24.9 Å². The predicted octanol–water partition coefficient (Wildman–Crippen LogP) is 4.02. The summed E-state index contributed by atoms with van der Waals surface area (Å²) in [6, 6.07) is 11.0. The van der Waals surface area contributed by atoms with Crippen LogP contribution in [0.4, 0.5) is 4.39 Å². The first-order chi connectivity index (χ1) is 9.22. The quantitative estimate of drug-likeness (QED) is 0.876. The molecule has 1 N–H and O–H groups in total. The van der Waals surface area contributed by atoms with Gasteiger partial charge in [-0.15, -0.1) is 0 Å². The number of benzene rings is 1. The molecule has 1 heterocycles. The van der Waals surface area contributed by atoms with E-state index in [9.17, 15) is 4.39 Å². The minimum absolute atomic E-state index is 0.0106. The molecule has 19 heavy (non-hydrogen) atoms. The van der Waals surface area contributed by atoms with Crippen molar-refractivity contribution in [1.29, 1.82) is 0 Å². The monoisotopic (exact) mass is 258 g/mol. The molecule has 0 saturated heterocycles. The third-order valence-corrected chi connectivity index (χ3v) is 3.32. The number of hydrogen-bond acceptors (Lipinski definition) is 2. The van der Waals surface area contributed by atoms with E-state index in [4.69, 9.17) is 0 Å². The highest BCUT2D eigenvalue weighted by Gasteiger charge is 2.16. The Morgan fingerprint density at radius 2 is 2.00 bits per heavy atom. The number of aromatic nitrogens is 1. The predicted molar refractivity (Wildman–Crippen MR) is 75.2 cm³/mol. The van der Waals surface area contributed by atoms with Gasteiger partial charge in [-0.2, -0.15) is 0 Å². The van der Waals surface area contributed by atoms with Crippen LogP contribution in [0, 0.1) is 5.82 Å². The van der Waals surface area contributed by atoms with Crippen molar-refractivity contribution in [2.24, 2.45) is 0 Å². The van der Waals surface area contributed by atoms with Gasteiger partial charge in [-0.05, 0) is 31.0 Å². The summed E-state index contributed by atoms with van der Waals surface area (Å²) in [5.74, 6) is -0.153. The van der Waals surface area contributed by atoms with E-state index in [-0.39, 0.29) is 17.9 Å². The molecule has 1 aromatic heterocycles. The van der Waals surface area contributed by atoms with Crippen molar-refractivity contribution in [3.63, 3.8) is 0 Å². The average Bonchev–Trinajstić information content (AvgIpc) is 2.46. The molecule has 0 fully saturated rings. The summed E-state index contributed by atoms with van der Waals surface area (Å²) in [5.41, 5.74) is 1.83. The molecular formula is C16H19FN2. The summed E-state index contributed by atoms with van der Waals surface area (Å²) in [5, 5.41) is 3.46. The Morgan fingerprint density at radius 3 is 2.63 bits per heavy atom. The highest BCUT2D eigenvalue weighted by Crippen LogP contribution is 2.23. The first kappa shape index (κ1) is 13.7. The summed E-state index contributed by atoms with van der Waals surface area (Å²) < 4.78 is 13.8. The summed E-state index contributed by atoms with van der Waals surface area (Å²) in [6.45, 7) is 4.13. The van der Waals surface area contributed by atoms with Gasteiger partial charge < -0.3 is 5.32 Å². The molecule has 0 aliphatic carbocycles. The zero-order chi connectivity index (χ0) is 13.7. The maximum absolute atomic E-state index is 13.8. The SMILES string of the molecule is CCC(N[C@@H](C)c1cccnc1)c1ccccc1F. The van der Waals surface area contributed by atoms with Crippen molar-refractivity contribution < 1.29 is 4.39 Å². The summed E-state index contributed by atoms with van der Waals surface area (Å²) >= 11 is 0. The second-order valence-electron chi connectivity index (χ2n) is 4.66. The van der Waals surface area contributed by atoms with Gasteiger partial charge in [-0.3, -0.25) is 4.98 Å². The zero-order valence-corrected chi connectivity index (χ0v) is 11.3. The second-order valence-corrected chi connectivity index (χ2v) is 4.66. The molecule has 1 unspecified atom stereocenters. The molecule has 0 saturated carbocycles.